The quantitative estimate of drug-likeness (QED) is 0.595. The summed E-state index contributed by atoms with van der Waals surface area (Å²) in [6, 6.07) is 13.6. The molecule has 94 valence electrons. The Morgan fingerprint density at radius 2 is 1.63 bits per heavy atom. The van der Waals surface area contributed by atoms with E-state index in [1.165, 1.54) is 0 Å². The number of halogens is 2. The Hall–Kier alpha value is -1.64. The van der Waals surface area contributed by atoms with Gasteiger partial charge in [-0.1, -0.05) is 41.9 Å². The minimum atomic E-state index is 0.244. The van der Waals surface area contributed by atoms with Gasteiger partial charge in [-0.2, -0.15) is 0 Å². The molecule has 0 atom stereocenters. The Morgan fingerprint density at radius 1 is 0.895 bits per heavy atom. The van der Waals surface area contributed by atoms with Crippen LogP contribution in [-0.4, -0.2) is 9.97 Å². The van der Waals surface area contributed by atoms with E-state index in [1.54, 1.807) is 0 Å². The van der Waals surface area contributed by atoms with Crippen molar-refractivity contribution in [1.29, 1.82) is 0 Å². The molecule has 0 aliphatic heterocycles. The molecule has 0 saturated heterocycles. The van der Waals surface area contributed by atoms with Crippen LogP contribution in [0.1, 0.15) is 5.56 Å². The zero-order chi connectivity index (χ0) is 13.4. The SMILES string of the molecule is Cc1c(Cl)ccc2nc(Cl)nc(-c3ccccc3)c12. The Morgan fingerprint density at radius 3 is 2.37 bits per heavy atom. The highest BCUT2D eigenvalue weighted by Crippen LogP contribution is 2.32. The van der Waals surface area contributed by atoms with Gasteiger partial charge in [-0.05, 0) is 36.2 Å². The standard InChI is InChI=1S/C15H10Cl2N2/c1-9-11(16)7-8-12-13(9)14(19-15(17)18-12)10-5-3-2-4-6-10/h2-8H,1H3. The van der Waals surface area contributed by atoms with Crippen molar-refractivity contribution in [2.75, 3.05) is 0 Å². The van der Waals surface area contributed by atoms with E-state index in [-0.39, 0.29) is 5.28 Å². The van der Waals surface area contributed by atoms with Crippen LogP contribution < -0.4 is 0 Å². The van der Waals surface area contributed by atoms with Gasteiger partial charge < -0.3 is 0 Å². The molecule has 19 heavy (non-hydrogen) atoms. The van der Waals surface area contributed by atoms with Gasteiger partial charge in [0.15, 0.2) is 0 Å². The predicted octanol–water partition coefficient (Wildman–Crippen LogP) is 4.91. The largest absolute Gasteiger partial charge is 0.223 e. The maximum atomic E-state index is 6.20. The molecule has 4 heteroatoms. The maximum Gasteiger partial charge on any atom is 0.223 e. The van der Waals surface area contributed by atoms with Gasteiger partial charge in [0.05, 0.1) is 11.2 Å². The number of hydrogen-bond donors (Lipinski definition) is 0. The lowest BCUT2D eigenvalue weighted by Gasteiger charge is -2.10. The molecule has 0 amide bonds. The zero-order valence-electron chi connectivity index (χ0n) is 10.2. The van der Waals surface area contributed by atoms with Crippen LogP contribution in [0.15, 0.2) is 42.5 Å². The first-order valence-corrected chi connectivity index (χ1v) is 6.60. The molecule has 0 aliphatic carbocycles. The molecule has 0 radical (unpaired) electrons. The third kappa shape index (κ3) is 2.18. The molecule has 0 N–H and O–H groups in total. The minimum Gasteiger partial charge on any atom is -0.218 e. The van der Waals surface area contributed by atoms with E-state index in [0.717, 1.165) is 27.7 Å². The number of benzene rings is 2. The third-order valence-electron chi connectivity index (χ3n) is 3.08. The van der Waals surface area contributed by atoms with Gasteiger partial charge in [0.2, 0.25) is 5.28 Å². The molecule has 2 aromatic carbocycles. The Bertz CT molecular complexity index is 755. The van der Waals surface area contributed by atoms with Crippen LogP contribution >= 0.6 is 23.2 Å². The number of hydrogen-bond acceptors (Lipinski definition) is 2. The second-order valence-corrected chi connectivity index (χ2v) is 5.02. The van der Waals surface area contributed by atoms with Crippen molar-refractivity contribution in [3.05, 3.63) is 58.3 Å². The summed E-state index contributed by atoms with van der Waals surface area (Å²) >= 11 is 12.2. The molecular formula is C15H10Cl2N2. The van der Waals surface area contributed by atoms with Crippen molar-refractivity contribution in [2.45, 2.75) is 6.92 Å². The van der Waals surface area contributed by atoms with E-state index in [0.29, 0.717) is 5.02 Å². The average molecular weight is 289 g/mol. The molecule has 1 heterocycles. The number of aromatic nitrogens is 2. The van der Waals surface area contributed by atoms with E-state index in [2.05, 4.69) is 9.97 Å². The highest BCUT2D eigenvalue weighted by Gasteiger charge is 2.12. The molecule has 0 saturated carbocycles. The van der Waals surface area contributed by atoms with Crippen molar-refractivity contribution in [3.63, 3.8) is 0 Å². The third-order valence-corrected chi connectivity index (χ3v) is 3.66. The average Bonchev–Trinajstić information content (AvgIpc) is 2.43. The Balaban J connectivity index is 2.44. The summed E-state index contributed by atoms with van der Waals surface area (Å²) in [5.41, 5.74) is 3.59. The molecule has 0 aliphatic rings. The summed E-state index contributed by atoms with van der Waals surface area (Å²) in [4.78, 5) is 8.63. The smallest absolute Gasteiger partial charge is 0.218 e. The second kappa shape index (κ2) is 4.80. The van der Waals surface area contributed by atoms with E-state index >= 15 is 0 Å². The summed E-state index contributed by atoms with van der Waals surface area (Å²) in [5.74, 6) is 0. The summed E-state index contributed by atoms with van der Waals surface area (Å²) in [7, 11) is 0. The molecule has 2 nitrogen and oxygen atoms in total. The molecular weight excluding hydrogens is 279 g/mol. The van der Waals surface area contributed by atoms with Crippen LogP contribution in [0.5, 0.6) is 0 Å². The molecule has 0 bridgehead atoms. The fraction of sp³-hybridized carbons (Fsp3) is 0.0667. The number of aryl methyl sites for hydroxylation is 1. The molecule has 0 spiro atoms. The zero-order valence-corrected chi connectivity index (χ0v) is 11.7. The van der Waals surface area contributed by atoms with Crippen molar-refractivity contribution < 1.29 is 0 Å². The van der Waals surface area contributed by atoms with Gasteiger partial charge >= 0.3 is 0 Å². The molecule has 1 aromatic heterocycles. The van der Waals surface area contributed by atoms with E-state index in [4.69, 9.17) is 23.2 Å². The Kier molecular flexibility index (Phi) is 3.13. The first-order chi connectivity index (χ1) is 9.16. The topological polar surface area (TPSA) is 25.8 Å². The van der Waals surface area contributed by atoms with Gasteiger partial charge in [0.25, 0.3) is 0 Å². The number of nitrogens with zero attached hydrogens (tertiary/aromatic N) is 2. The van der Waals surface area contributed by atoms with Crippen LogP contribution in [0.2, 0.25) is 10.3 Å². The maximum absolute atomic E-state index is 6.20. The molecule has 3 rings (SSSR count). The number of fused-ring (bicyclic) bond motifs is 1. The highest BCUT2D eigenvalue weighted by molar-refractivity contribution is 6.32. The van der Waals surface area contributed by atoms with Crippen LogP contribution in [0.25, 0.3) is 22.2 Å². The van der Waals surface area contributed by atoms with Gasteiger partial charge in [0, 0.05) is 16.0 Å². The van der Waals surface area contributed by atoms with E-state index in [1.807, 2.05) is 49.4 Å². The van der Waals surface area contributed by atoms with Gasteiger partial charge in [0.1, 0.15) is 0 Å². The summed E-state index contributed by atoms with van der Waals surface area (Å²) in [6.45, 7) is 1.97. The minimum absolute atomic E-state index is 0.244. The van der Waals surface area contributed by atoms with Crippen LogP contribution in [0, 0.1) is 6.92 Å². The lowest BCUT2D eigenvalue weighted by Crippen LogP contribution is -1.93. The fourth-order valence-electron chi connectivity index (χ4n) is 2.14. The fourth-order valence-corrected chi connectivity index (χ4v) is 2.47. The van der Waals surface area contributed by atoms with Gasteiger partial charge in [-0.15, -0.1) is 0 Å². The predicted molar refractivity (Wildman–Crippen MR) is 79.7 cm³/mol. The first-order valence-electron chi connectivity index (χ1n) is 5.84. The van der Waals surface area contributed by atoms with Gasteiger partial charge in [-0.25, -0.2) is 9.97 Å². The van der Waals surface area contributed by atoms with Crippen molar-refractivity contribution in [3.8, 4) is 11.3 Å². The lowest BCUT2D eigenvalue weighted by atomic mass is 10.0. The van der Waals surface area contributed by atoms with Crippen LogP contribution in [-0.2, 0) is 0 Å². The first kappa shape index (κ1) is 12.4. The van der Waals surface area contributed by atoms with Crippen molar-refractivity contribution in [2.24, 2.45) is 0 Å². The van der Waals surface area contributed by atoms with E-state index < -0.39 is 0 Å². The monoisotopic (exact) mass is 288 g/mol. The summed E-state index contributed by atoms with van der Waals surface area (Å²) < 4.78 is 0. The molecule has 0 fully saturated rings. The van der Waals surface area contributed by atoms with Crippen molar-refractivity contribution in [1.82, 2.24) is 9.97 Å². The Labute approximate surface area is 121 Å². The second-order valence-electron chi connectivity index (χ2n) is 4.27. The van der Waals surface area contributed by atoms with Gasteiger partial charge in [-0.3, -0.25) is 0 Å². The highest BCUT2D eigenvalue weighted by atomic mass is 35.5. The molecule has 3 aromatic rings. The number of rotatable bonds is 1. The normalized spacial score (nSPS) is 10.9. The summed E-state index contributed by atoms with van der Waals surface area (Å²) in [5, 5.41) is 1.90. The lowest BCUT2D eigenvalue weighted by molar-refractivity contribution is 1.22. The van der Waals surface area contributed by atoms with Crippen molar-refractivity contribution >= 4 is 34.1 Å². The van der Waals surface area contributed by atoms with Crippen LogP contribution in [0.3, 0.4) is 0 Å². The van der Waals surface area contributed by atoms with Crippen LogP contribution in [0.4, 0.5) is 0 Å². The van der Waals surface area contributed by atoms with E-state index in [9.17, 15) is 0 Å². The molecule has 0 unspecified atom stereocenters. The summed E-state index contributed by atoms with van der Waals surface area (Å²) in [6.07, 6.45) is 0.